The lowest BCUT2D eigenvalue weighted by atomic mass is 10.0. The van der Waals surface area contributed by atoms with Crippen molar-refractivity contribution in [2.45, 2.75) is 31.8 Å². The topological polar surface area (TPSA) is 40.5 Å². The molecule has 1 saturated carbocycles. The first-order valence-electron chi connectivity index (χ1n) is 4.82. The fourth-order valence-corrected chi connectivity index (χ4v) is 1.76. The Balaban J connectivity index is 2.39. The molecule has 2 nitrogen and oxygen atoms in total. The van der Waals surface area contributed by atoms with E-state index in [1.807, 2.05) is 0 Å². The lowest BCUT2D eigenvalue weighted by molar-refractivity contribution is 0.149. The molecule has 1 aromatic rings. The van der Waals surface area contributed by atoms with Crippen molar-refractivity contribution in [2.24, 2.45) is 0 Å². The molecule has 0 spiro atoms. The van der Waals surface area contributed by atoms with Crippen LogP contribution in [0, 0.1) is 12.7 Å². The fourth-order valence-electron chi connectivity index (χ4n) is 1.63. The first-order valence-corrected chi connectivity index (χ1v) is 5.19. The highest BCUT2D eigenvalue weighted by Crippen LogP contribution is 2.41. The fraction of sp³-hybridized carbons (Fsp3) is 0.455. The summed E-state index contributed by atoms with van der Waals surface area (Å²) in [5.74, 6) is -1.23. The second-order valence-electron chi connectivity index (χ2n) is 4.23. The van der Waals surface area contributed by atoms with Crippen LogP contribution in [0.2, 0.25) is 5.02 Å². The molecule has 2 rings (SSSR count). The Morgan fingerprint density at radius 3 is 2.67 bits per heavy atom. The van der Waals surface area contributed by atoms with Crippen molar-refractivity contribution < 1.29 is 14.6 Å². The Morgan fingerprint density at radius 1 is 1.53 bits per heavy atom. The number of hydrogen-bond acceptors (Lipinski definition) is 2. The molecule has 82 valence electrons. The van der Waals surface area contributed by atoms with Crippen LogP contribution in [-0.2, 0) is 6.42 Å². The predicted octanol–water partition coefficient (Wildman–Crippen LogP) is 2.56. The van der Waals surface area contributed by atoms with Gasteiger partial charge >= 0.3 is 0 Å². The number of phenolic OH excluding ortho intramolecular Hbond substituents is 1. The normalized spacial score (nSPS) is 17.9. The van der Waals surface area contributed by atoms with Crippen LogP contribution in [0.3, 0.4) is 0 Å². The number of aryl methyl sites for hydroxylation is 1. The monoisotopic (exact) mass is 230 g/mol. The van der Waals surface area contributed by atoms with Crippen molar-refractivity contribution in [1.29, 1.82) is 0 Å². The number of halogens is 2. The second-order valence-corrected chi connectivity index (χ2v) is 4.61. The van der Waals surface area contributed by atoms with E-state index in [1.54, 1.807) is 13.0 Å². The van der Waals surface area contributed by atoms with E-state index < -0.39 is 17.2 Å². The van der Waals surface area contributed by atoms with Gasteiger partial charge in [-0.15, -0.1) is 0 Å². The van der Waals surface area contributed by atoms with Crippen molar-refractivity contribution in [3.8, 4) is 5.75 Å². The first kappa shape index (κ1) is 10.7. The molecule has 4 heteroatoms. The van der Waals surface area contributed by atoms with Crippen LogP contribution in [0.5, 0.6) is 5.75 Å². The average molecular weight is 231 g/mol. The molecular weight excluding hydrogens is 219 g/mol. The molecule has 1 aromatic carbocycles. The van der Waals surface area contributed by atoms with Crippen LogP contribution in [0.1, 0.15) is 24.0 Å². The standard InChI is InChI=1S/C11H12ClFO2/c1-6-4-7(5-11(15)2-3-11)9(13)10(14)8(6)12/h4,14-15H,2-3,5H2,1H3. The Hall–Kier alpha value is -0.800. The van der Waals surface area contributed by atoms with Crippen molar-refractivity contribution in [1.82, 2.24) is 0 Å². The molecule has 1 aliphatic rings. The third-order valence-electron chi connectivity index (χ3n) is 2.78. The molecule has 2 N–H and O–H groups in total. The van der Waals surface area contributed by atoms with Crippen molar-refractivity contribution >= 4 is 11.6 Å². The second kappa shape index (κ2) is 3.35. The lowest BCUT2D eigenvalue weighted by Gasteiger charge is -2.12. The highest BCUT2D eigenvalue weighted by atomic mass is 35.5. The summed E-state index contributed by atoms with van der Waals surface area (Å²) in [5.41, 5.74) is 0.178. The molecule has 0 radical (unpaired) electrons. The molecule has 0 bridgehead atoms. The van der Waals surface area contributed by atoms with E-state index in [2.05, 4.69) is 0 Å². The Morgan fingerprint density at radius 2 is 2.13 bits per heavy atom. The third kappa shape index (κ3) is 1.94. The van der Waals surface area contributed by atoms with Gasteiger partial charge < -0.3 is 10.2 Å². The number of hydrogen-bond donors (Lipinski definition) is 2. The summed E-state index contributed by atoms with van der Waals surface area (Å²) < 4.78 is 13.6. The molecule has 1 aliphatic carbocycles. The zero-order chi connectivity index (χ0) is 11.2. The summed E-state index contributed by atoms with van der Waals surface area (Å²) in [6.07, 6.45) is 1.62. The van der Waals surface area contributed by atoms with Crippen LogP contribution < -0.4 is 0 Å². The van der Waals surface area contributed by atoms with E-state index in [4.69, 9.17) is 11.6 Å². The molecular formula is C11H12ClFO2. The molecule has 0 heterocycles. The van der Waals surface area contributed by atoms with E-state index in [0.717, 1.165) is 0 Å². The van der Waals surface area contributed by atoms with Crippen LogP contribution in [0.15, 0.2) is 6.07 Å². The van der Waals surface area contributed by atoms with Gasteiger partial charge in [-0.3, -0.25) is 0 Å². The minimum absolute atomic E-state index is 0.0408. The van der Waals surface area contributed by atoms with Gasteiger partial charge in [-0.25, -0.2) is 4.39 Å². The zero-order valence-corrected chi connectivity index (χ0v) is 9.10. The average Bonchev–Trinajstić information content (AvgIpc) is 2.89. The molecule has 0 aliphatic heterocycles. The maximum Gasteiger partial charge on any atom is 0.170 e. The van der Waals surface area contributed by atoms with Gasteiger partial charge in [-0.2, -0.15) is 0 Å². The summed E-state index contributed by atoms with van der Waals surface area (Å²) >= 11 is 5.69. The van der Waals surface area contributed by atoms with E-state index in [9.17, 15) is 14.6 Å². The number of benzene rings is 1. The van der Waals surface area contributed by atoms with Gasteiger partial charge in [0.25, 0.3) is 0 Å². The van der Waals surface area contributed by atoms with E-state index >= 15 is 0 Å². The largest absolute Gasteiger partial charge is 0.504 e. The van der Waals surface area contributed by atoms with Gasteiger partial charge in [0, 0.05) is 6.42 Å². The summed E-state index contributed by atoms with van der Waals surface area (Å²) in [6, 6.07) is 1.58. The summed E-state index contributed by atoms with van der Waals surface area (Å²) in [7, 11) is 0. The summed E-state index contributed by atoms with van der Waals surface area (Å²) in [6.45, 7) is 1.70. The number of phenols is 1. The SMILES string of the molecule is Cc1cc(CC2(O)CC2)c(F)c(O)c1Cl. The van der Waals surface area contributed by atoms with Gasteiger partial charge in [0.15, 0.2) is 11.6 Å². The highest BCUT2D eigenvalue weighted by Gasteiger charge is 2.41. The minimum atomic E-state index is -0.770. The molecule has 1 fully saturated rings. The first-order chi connectivity index (χ1) is 6.93. The highest BCUT2D eigenvalue weighted by molar-refractivity contribution is 6.32. The third-order valence-corrected chi connectivity index (χ3v) is 3.26. The molecule has 15 heavy (non-hydrogen) atoms. The van der Waals surface area contributed by atoms with E-state index in [-0.39, 0.29) is 11.4 Å². The number of aromatic hydroxyl groups is 1. The summed E-state index contributed by atoms with van der Waals surface area (Å²) in [5, 5.41) is 19.1. The zero-order valence-electron chi connectivity index (χ0n) is 8.35. The van der Waals surface area contributed by atoms with Crippen LogP contribution in [0.25, 0.3) is 0 Å². The van der Waals surface area contributed by atoms with Gasteiger partial charge in [-0.05, 0) is 30.9 Å². The Labute approximate surface area is 92.3 Å². The Kier molecular flexibility index (Phi) is 2.40. The van der Waals surface area contributed by atoms with Gasteiger partial charge in [0.2, 0.25) is 0 Å². The van der Waals surface area contributed by atoms with Crippen molar-refractivity contribution in [3.05, 3.63) is 28.0 Å². The van der Waals surface area contributed by atoms with Crippen LogP contribution in [0.4, 0.5) is 4.39 Å². The predicted molar refractivity (Wildman–Crippen MR) is 55.7 cm³/mol. The number of aliphatic hydroxyl groups is 1. The molecule has 0 atom stereocenters. The van der Waals surface area contributed by atoms with E-state index in [0.29, 0.717) is 24.0 Å². The van der Waals surface area contributed by atoms with E-state index in [1.165, 1.54) is 0 Å². The van der Waals surface area contributed by atoms with Gasteiger partial charge in [0.1, 0.15) is 0 Å². The van der Waals surface area contributed by atoms with Gasteiger partial charge in [0.05, 0.1) is 10.6 Å². The van der Waals surface area contributed by atoms with Crippen LogP contribution >= 0.6 is 11.6 Å². The van der Waals surface area contributed by atoms with Crippen LogP contribution in [-0.4, -0.2) is 15.8 Å². The molecule has 0 unspecified atom stereocenters. The van der Waals surface area contributed by atoms with Crippen molar-refractivity contribution in [3.63, 3.8) is 0 Å². The lowest BCUT2D eigenvalue weighted by Crippen LogP contribution is -2.12. The number of rotatable bonds is 2. The van der Waals surface area contributed by atoms with Gasteiger partial charge in [-0.1, -0.05) is 17.7 Å². The molecule has 0 aromatic heterocycles. The van der Waals surface area contributed by atoms with Crippen molar-refractivity contribution in [2.75, 3.05) is 0 Å². The smallest absolute Gasteiger partial charge is 0.170 e. The molecule has 0 saturated heterocycles. The summed E-state index contributed by atoms with van der Waals surface area (Å²) in [4.78, 5) is 0. The molecule has 0 amide bonds. The minimum Gasteiger partial charge on any atom is -0.504 e. The maximum atomic E-state index is 13.6. The maximum absolute atomic E-state index is 13.6. The quantitative estimate of drug-likeness (QED) is 0.820. The Bertz CT molecular complexity index is 414.